The fourth-order valence-corrected chi connectivity index (χ4v) is 8.81. The Morgan fingerprint density at radius 2 is 1.87 bits per heavy atom. The van der Waals surface area contributed by atoms with E-state index in [1.54, 1.807) is 42.5 Å². The number of ether oxygens (including phenoxy) is 2. The highest BCUT2D eigenvalue weighted by atomic mass is 32.3. The van der Waals surface area contributed by atoms with E-state index in [4.69, 9.17) is 13.1 Å². The molecule has 3 rings (SSSR count). The Balaban J connectivity index is 1.95. The lowest BCUT2D eigenvalue weighted by molar-refractivity contribution is -0.0496. The molecule has 1 heterocycles. The van der Waals surface area contributed by atoms with E-state index in [9.17, 15) is 26.4 Å². The van der Waals surface area contributed by atoms with Crippen molar-refractivity contribution in [3.8, 4) is 0 Å². The van der Waals surface area contributed by atoms with Gasteiger partial charge in [-0.25, -0.2) is 8.42 Å². The van der Waals surface area contributed by atoms with E-state index in [0.717, 1.165) is 11.8 Å². The molecule has 2 aromatic carbocycles. The van der Waals surface area contributed by atoms with E-state index < -0.39 is 38.2 Å². The molecule has 1 aliphatic heterocycles. The van der Waals surface area contributed by atoms with E-state index in [-0.39, 0.29) is 24.5 Å². The van der Waals surface area contributed by atoms with Crippen LogP contribution in [0.2, 0.25) is 0 Å². The summed E-state index contributed by atoms with van der Waals surface area (Å²) in [5.41, 5.74) is -5.56. The van der Waals surface area contributed by atoms with Crippen LogP contribution >= 0.6 is 10.3 Å². The van der Waals surface area contributed by atoms with Gasteiger partial charge in [0, 0.05) is 16.4 Å². The zero-order chi connectivity index (χ0) is 22.7. The van der Waals surface area contributed by atoms with Crippen molar-refractivity contribution in [1.82, 2.24) is 0 Å². The first-order valence-electron chi connectivity index (χ1n) is 9.70. The quantitative estimate of drug-likeness (QED) is 0.295. The van der Waals surface area contributed by atoms with Crippen LogP contribution in [0.3, 0.4) is 0 Å². The van der Waals surface area contributed by atoms with E-state index in [1.807, 2.05) is 6.92 Å². The maximum Gasteiger partial charge on any atom is 0.523 e. The summed E-state index contributed by atoms with van der Waals surface area (Å²) in [6.45, 7) is 2.09. The van der Waals surface area contributed by atoms with Crippen molar-refractivity contribution in [1.29, 1.82) is 0 Å². The number of rotatable bonds is 7. The second-order valence-corrected chi connectivity index (χ2v) is 11.8. The first-order valence-corrected chi connectivity index (χ1v) is 13.0. The first kappa shape index (κ1) is 23.7. The lowest BCUT2D eigenvalue weighted by Gasteiger charge is -2.35. The lowest BCUT2D eigenvalue weighted by atomic mass is 10.1. The number of unbranched alkanes of at least 4 members (excludes halogenated alkanes) is 1. The minimum absolute atomic E-state index is 0.00320. The Morgan fingerprint density at radius 1 is 1.16 bits per heavy atom. The molecule has 0 spiro atoms. The van der Waals surface area contributed by atoms with Crippen molar-refractivity contribution in [2.24, 2.45) is 0 Å². The van der Waals surface area contributed by atoms with Crippen LogP contribution in [0.25, 0.3) is 10.8 Å². The van der Waals surface area contributed by atoms with Gasteiger partial charge in [0.2, 0.25) is 0 Å². The van der Waals surface area contributed by atoms with Crippen molar-refractivity contribution in [3.63, 3.8) is 0 Å². The zero-order valence-corrected chi connectivity index (χ0v) is 18.4. The van der Waals surface area contributed by atoms with Crippen molar-refractivity contribution in [2.45, 2.75) is 42.7 Å². The molecule has 1 aliphatic rings. The summed E-state index contributed by atoms with van der Waals surface area (Å²) < 4.78 is 78.6. The SMILES string of the molecule is CCCCOC(=O)OC1CCS(OS(=O)(=O)C(F)(F)F)(c2cccc3ccccc23)C1. The van der Waals surface area contributed by atoms with Gasteiger partial charge in [0.1, 0.15) is 6.10 Å². The topological polar surface area (TPSA) is 78.9 Å². The summed E-state index contributed by atoms with van der Waals surface area (Å²) in [6.07, 6.45) is -0.113. The van der Waals surface area contributed by atoms with Crippen LogP contribution in [-0.2, 0) is 23.2 Å². The van der Waals surface area contributed by atoms with Gasteiger partial charge < -0.3 is 9.47 Å². The highest BCUT2D eigenvalue weighted by Gasteiger charge is 2.53. The standard InChI is InChI=1S/C20H23F3O6S2/c1-2-3-12-27-19(24)28-16-11-13-30(14-16,29-31(25,26)20(21,22)23)18-10-6-8-15-7-4-5-9-17(15)18/h4-10,16H,2-3,11-14H2,1H3. The third kappa shape index (κ3) is 5.27. The average Bonchev–Trinajstić information content (AvgIpc) is 3.09. The molecule has 0 bridgehead atoms. The van der Waals surface area contributed by atoms with E-state index >= 15 is 0 Å². The molecule has 0 N–H and O–H groups in total. The van der Waals surface area contributed by atoms with Gasteiger partial charge in [0.05, 0.1) is 6.61 Å². The minimum Gasteiger partial charge on any atom is -0.434 e. The summed E-state index contributed by atoms with van der Waals surface area (Å²) in [5, 5.41) is 1.34. The molecule has 0 amide bonds. The Labute approximate surface area is 180 Å². The number of alkyl halides is 3. The Hall–Kier alpha value is -1.98. The van der Waals surface area contributed by atoms with Crippen molar-refractivity contribution in [3.05, 3.63) is 42.5 Å². The van der Waals surface area contributed by atoms with Gasteiger partial charge in [-0.1, -0.05) is 60.1 Å². The normalized spacial score (nSPS) is 23.9. The molecule has 0 saturated carbocycles. The summed E-state index contributed by atoms with van der Waals surface area (Å²) in [7, 11) is -8.83. The predicted octanol–water partition coefficient (Wildman–Crippen LogP) is 5.51. The second-order valence-electron chi connectivity index (χ2n) is 7.11. The molecular formula is C20H23F3O6S2. The second kappa shape index (κ2) is 9.25. The maximum atomic E-state index is 13.2. The highest BCUT2D eigenvalue weighted by molar-refractivity contribution is 8.33. The minimum atomic E-state index is -5.86. The number of hydrogen-bond donors (Lipinski definition) is 0. The summed E-state index contributed by atoms with van der Waals surface area (Å²) in [6, 6.07) is 12.0. The largest absolute Gasteiger partial charge is 0.523 e. The Bertz CT molecular complexity index is 1040. The number of benzene rings is 2. The third-order valence-corrected chi connectivity index (χ3v) is 10.1. The van der Waals surface area contributed by atoms with E-state index in [1.165, 1.54) is 0 Å². The van der Waals surface area contributed by atoms with Gasteiger partial charge in [-0.05, 0) is 29.7 Å². The van der Waals surface area contributed by atoms with Crippen LogP contribution < -0.4 is 0 Å². The zero-order valence-electron chi connectivity index (χ0n) is 16.8. The molecule has 1 fully saturated rings. The van der Waals surface area contributed by atoms with Crippen LogP contribution in [0, 0.1) is 0 Å². The van der Waals surface area contributed by atoms with Gasteiger partial charge in [-0.2, -0.15) is 21.6 Å². The Morgan fingerprint density at radius 3 is 2.58 bits per heavy atom. The smallest absolute Gasteiger partial charge is 0.434 e. The molecular weight excluding hydrogens is 457 g/mol. The monoisotopic (exact) mass is 480 g/mol. The van der Waals surface area contributed by atoms with Crippen molar-refractivity contribution >= 4 is 37.4 Å². The number of hydrogen-bond acceptors (Lipinski definition) is 6. The van der Waals surface area contributed by atoms with Gasteiger partial charge in [0.25, 0.3) is 0 Å². The molecule has 0 aromatic heterocycles. The fraction of sp³-hybridized carbons (Fsp3) is 0.450. The third-order valence-electron chi connectivity index (χ3n) is 4.86. The lowest BCUT2D eigenvalue weighted by Crippen LogP contribution is -2.28. The van der Waals surface area contributed by atoms with Crippen LogP contribution in [0.1, 0.15) is 26.2 Å². The van der Waals surface area contributed by atoms with Crippen LogP contribution in [-0.4, -0.2) is 44.3 Å². The first-order chi connectivity index (χ1) is 14.6. The summed E-state index contributed by atoms with van der Waals surface area (Å²) >= 11 is 0. The Kier molecular flexibility index (Phi) is 7.07. The number of fused-ring (bicyclic) bond motifs is 1. The molecule has 11 heteroatoms. The molecule has 31 heavy (non-hydrogen) atoms. The van der Waals surface area contributed by atoms with Gasteiger partial charge >= 0.3 is 21.8 Å². The summed E-state index contributed by atoms with van der Waals surface area (Å²) in [5.74, 6) is -0.164. The highest BCUT2D eigenvalue weighted by Crippen LogP contribution is 2.65. The van der Waals surface area contributed by atoms with Crippen molar-refractivity contribution < 1.29 is 39.5 Å². The van der Waals surface area contributed by atoms with Crippen molar-refractivity contribution in [2.75, 3.05) is 18.1 Å². The molecule has 2 atom stereocenters. The molecule has 2 aromatic rings. The summed E-state index contributed by atoms with van der Waals surface area (Å²) in [4.78, 5) is 12.3. The molecule has 172 valence electrons. The van der Waals surface area contributed by atoms with Gasteiger partial charge in [0.15, 0.2) is 0 Å². The van der Waals surface area contributed by atoms with Gasteiger partial charge in [-0.15, -0.1) is 0 Å². The van der Waals surface area contributed by atoms with E-state index in [0.29, 0.717) is 16.7 Å². The average molecular weight is 481 g/mol. The molecule has 2 unspecified atom stereocenters. The van der Waals surface area contributed by atoms with E-state index in [2.05, 4.69) is 0 Å². The number of carbonyl (C=O) groups is 1. The maximum absolute atomic E-state index is 13.2. The molecule has 1 saturated heterocycles. The fourth-order valence-electron chi connectivity index (χ4n) is 3.38. The number of halogens is 3. The van der Waals surface area contributed by atoms with Crippen LogP contribution in [0.15, 0.2) is 47.4 Å². The number of carbonyl (C=O) groups excluding carboxylic acids is 1. The molecule has 0 radical (unpaired) electrons. The predicted molar refractivity (Wildman–Crippen MR) is 111 cm³/mol. The molecule has 0 aliphatic carbocycles. The molecule has 6 nitrogen and oxygen atoms in total. The van der Waals surface area contributed by atoms with Crippen LogP contribution in [0.5, 0.6) is 0 Å². The van der Waals surface area contributed by atoms with Crippen LogP contribution in [0.4, 0.5) is 18.0 Å². The van der Waals surface area contributed by atoms with Gasteiger partial charge in [-0.3, -0.25) is 0 Å².